The van der Waals surface area contributed by atoms with Crippen LogP contribution in [0.1, 0.15) is 45.1 Å². The molecule has 1 aliphatic rings. The van der Waals surface area contributed by atoms with Crippen molar-refractivity contribution in [2.24, 2.45) is 10.9 Å². The molecule has 0 unspecified atom stereocenters. The quantitative estimate of drug-likeness (QED) is 0.563. The standard InChI is InChI=1S/C19H30N4O2/c1-4-20-18(22-16-9-5-14(2)6-10-16)21-13-15-7-11-17(12-8-15)23-19(24)25-3/h7-8,11-12,14,16H,4-6,9-10,13H2,1-3H3,(H,23,24)(H2,20,21,22). The van der Waals surface area contributed by atoms with Crippen molar-refractivity contribution in [2.45, 2.75) is 52.1 Å². The zero-order valence-corrected chi connectivity index (χ0v) is 15.5. The lowest BCUT2D eigenvalue weighted by molar-refractivity contribution is 0.187. The van der Waals surface area contributed by atoms with Gasteiger partial charge in [-0.05, 0) is 56.2 Å². The summed E-state index contributed by atoms with van der Waals surface area (Å²) in [5.41, 5.74) is 1.80. The van der Waals surface area contributed by atoms with Crippen LogP contribution in [0.4, 0.5) is 10.5 Å². The number of amides is 1. The van der Waals surface area contributed by atoms with Gasteiger partial charge in [0, 0.05) is 18.3 Å². The molecule has 0 bridgehead atoms. The Hall–Kier alpha value is -2.24. The molecule has 6 heteroatoms. The first-order valence-electron chi connectivity index (χ1n) is 9.09. The van der Waals surface area contributed by atoms with Crippen LogP contribution in [-0.2, 0) is 11.3 Å². The largest absolute Gasteiger partial charge is 0.453 e. The predicted molar refractivity (Wildman–Crippen MR) is 102 cm³/mol. The fourth-order valence-corrected chi connectivity index (χ4v) is 2.95. The van der Waals surface area contributed by atoms with Crippen LogP contribution < -0.4 is 16.0 Å². The minimum atomic E-state index is -0.466. The third-order valence-electron chi connectivity index (χ3n) is 4.51. The van der Waals surface area contributed by atoms with E-state index >= 15 is 0 Å². The lowest BCUT2D eigenvalue weighted by Crippen LogP contribution is -2.44. The van der Waals surface area contributed by atoms with E-state index in [2.05, 4.69) is 39.5 Å². The molecule has 6 nitrogen and oxygen atoms in total. The van der Waals surface area contributed by atoms with E-state index in [-0.39, 0.29) is 0 Å². The van der Waals surface area contributed by atoms with Crippen LogP contribution in [0.5, 0.6) is 0 Å². The molecule has 1 amide bonds. The number of benzene rings is 1. The van der Waals surface area contributed by atoms with Gasteiger partial charge in [0.2, 0.25) is 0 Å². The molecule has 1 aliphatic carbocycles. The van der Waals surface area contributed by atoms with Gasteiger partial charge in [-0.3, -0.25) is 5.32 Å². The molecular weight excluding hydrogens is 316 g/mol. The van der Waals surface area contributed by atoms with E-state index in [9.17, 15) is 4.79 Å². The second kappa shape index (κ2) is 9.91. The molecule has 25 heavy (non-hydrogen) atoms. The molecule has 0 aromatic heterocycles. The van der Waals surface area contributed by atoms with E-state index in [1.165, 1.54) is 32.8 Å². The molecule has 0 spiro atoms. The van der Waals surface area contributed by atoms with Gasteiger partial charge in [0.25, 0.3) is 0 Å². The summed E-state index contributed by atoms with van der Waals surface area (Å²) in [5.74, 6) is 1.72. The Morgan fingerprint density at radius 2 is 1.88 bits per heavy atom. The summed E-state index contributed by atoms with van der Waals surface area (Å²) in [6, 6.07) is 8.14. The summed E-state index contributed by atoms with van der Waals surface area (Å²) in [4.78, 5) is 15.9. The van der Waals surface area contributed by atoms with E-state index in [4.69, 9.17) is 0 Å². The van der Waals surface area contributed by atoms with Gasteiger partial charge < -0.3 is 15.4 Å². The number of methoxy groups -OCH3 is 1. The fraction of sp³-hybridized carbons (Fsp3) is 0.579. The van der Waals surface area contributed by atoms with Crippen molar-refractivity contribution in [1.82, 2.24) is 10.6 Å². The van der Waals surface area contributed by atoms with Gasteiger partial charge in [-0.25, -0.2) is 9.79 Å². The maximum absolute atomic E-state index is 11.2. The fourth-order valence-electron chi connectivity index (χ4n) is 2.95. The topological polar surface area (TPSA) is 74.8 Å². The second-order valence-electron chi connectivity index (χ2n) is 6.61. The predicted octanol–water partition coefficient (Wildman–Crippen LogP) is 3.50. The van der Waals surface area contributed by atoms with Crippen LogP contribution in [0.15, 0.2) is 29.3 Å². The Labute approximate surface area is 150 Å². The molecule has 1 fully saturated rings. The lowest BCUT2D eigenvalue weighted by Gasteiger charge is -2.28. The number of rotatable bonds is 5. The van der Waals surface area contributed by atoms with Crippen molar-refractivity contribution in [3.05, 3.63) is 29.8 Å². The minimum absolute atomic E-state index is 0.466. The van der Waals surface area contributed by atoms with E-state index in [1.807, 2.05) is 24.3 Å². The highest BCUT2D eigenvalue weighted by molar-refractivity contribution is 5.84. The minimum Gasteiger partial charge on any atom is -0.453 e. The molecule has 0 aliphatic heterocycles. The number of anilines is 1. The molecule has 138 valence electrons. The van der Waals surface area contributed by atoms with Crippen LogP contribution >= 0.6 is 0 Å². The van der Waals surface area contributed by atoms with Crippen LogP contribution in [0, 0.1) is 5.92 Å². The Bertz CT molecular complexity index is 563. The summed E-state index contributed by atoms with van der Waals surface area (Å²) in [7, 11) is 1.35. The summed E-state index contributed by atoms with van der Waals surface area (Å²) in [5, 5.41) is 9.52. The van der Waals surface area contributed by atoms with Gasteiger partial charge >= 0.3 is 6.09 Å². The summed E-state index contributed by atoms with van der Waals surface area (Å²) in [6.07, 6.45) is 4.52. The Morgan fingerprint density at radius 3 is 2.48 bits per heavy atom. The van der Waals surface area contributed by atoms with Crippen molar-refractivity contribution >= 4 is 17.7 Å². The number of hydrogen-bond donors (Lipinski definition) is 3. The number of aliphatic imine (C=N–C) groups is 1. The number of ether oxygens (including phenoxy) is 1. The van der Waals surface area contributed by atoms with Crippen molar-refractivity contribution in [3.8, 4) is 0 Å². The van der Waals surface area contributed by atoms with Crippen molar-refractivity contribution in [2.75, 3.05) is 19.0 Å². The zero-order chi connectivity index (χ0) is 18.1. The Balaban J connectivity index is 1.90. The Kier molecular flexibility index (Phi) is 7.57. The molecule has 2 rings (SSSR count). The zero-order valence-electron chi connectivity index (χ0n) is 15.5. The highest BCUT2D eigenvalue weighted by atomic mass is 16.5. The molecule has 3 N–H and O–H groups in total. The average Bonchev–Trinajstić information content (AvgIpc) is 2.63. The molecule has 1 aromatic carbocycles. The van der Waals surface area contributed by atoms with E-state index in [0.29, 0.717) is 18.3 Å². The average molecular weight is 346 g/mol. The number of nitrogens with one attached hydrogen (secondary N) is 3. The molecule has 0 radical (unpaired) electrons. The lowest BCUT2D eigenvalue weighted by atomic mass is 9.87. The summed E-state index contributed by atoms with van der Waals surface area (Å²) >= 11 is 0. The van der Waals surface area contributed by atoms with Gasteiger partial charge in [-0.15, -0.1) is 0 Å². The second-order valence-corrected chi connectivity index (χ2v) is 6.61. The maximum atomic E-state index is 11.2. The Morgan fingerprint density at radius 1 is 1.20 bits per heavy atom. The monoisotopic (exact) mass is 346 g/mol. The van der Waals surface area contributed by atoms with E-state index < -0.39 is 6.09 Å². The first kappa shape index (κ1) is 19.1. The number of guanidine groups is 1. The molecule has 0 saturated heterocycles. The number of carbonyl (C=O) groups excluding carboxylic acids is 1. The maximum Gasteiger partial charge on any atom is 0.411 e. The van der Waals surface area contributed by atoms with Gasteiger partial charge in [0.05, 0.1) is 13.7 Å². The SMILES string of the molecule is CCNC(=NCc1ccc(NC(=O)OC)cc1)NC1CCC(C)CC1. The number of carbonyl (C=O) groups is 1. The van der Waals surface area contributed by atoms with Gasteiger partial charge in [0.1, 0.15) is 0 Å². The third-order valence-corrected chi connectivity index (χ3v) is 4.51. The first-order valence-corrected chi connectivity index (χ1v) is 9.09. The molecule has 0 heterocycles. The van der Waals surface area contributed by atoms with Crippen LogP contribution in [-0.4, -0.2) is 31.7 Å². The third kappa shape index (κ3) is 6.64. The molecule has 1 saturated carbocycles. The summed E-state index contributed by atoms with van der Waals surface area (Å²) < 4.78 is 4.58. The number of nitrogens with zero attached hydrogens (tertiary/aromatic N) is 1. The van der Waals surface area contributed by atoms with Crippen molar-refractivity contribution in [3.63, 3.8) is 0 Å². The van der Waals surface area contributed by atoms with Crippen molar-refractivity contribution in [1.29, 1.82) is 0 Å². The molecule has 1 aromatic rings. The van der Waals surface area contributed by atoms with E-state index in [1.54, 1.807) is 0 Å². The highest BCUT2D eigenvalue weighted by Crippen LogP contribution is 2.23. The number of hydrogen-bond acceptors (Lipinski definition) is 3. The van der Waals surface area contributed by atoms with Gasteiger partial charge in [0.15, 0.2) is 5.96 Å². The van der Waals surface area contributed by atoms with Crippen LogP contribution in [0.2, 0.25) is 0 Å². The van der Waals surface area contributed by atoms with Gasteiger partial charge in [-0.1, -0.05) is 19.1 Å². The van der Waals surface area contributed by atoms with Crippen LogP contribution in [0.25, 0.3) is 0 Å². The summed E-state index contributed by atoms with van der Waals surface area (Å²) in [6.45, 7) is 5.84. The smallest absolute Gasteiger partial charge is 0.411 e. The van der Waals surface area contributed by atoms with Gasteiger partial charge in [-0.2, -0.15) is 0 Å². The normalized spacial score (nSPS) is 20.7. The van der Waals surface area contributed by atoms with Crippen molar-refractivity contribution < 1.29 is 9.53 Å². The first-order chi connectivity index (χ1) is 12.1. The molecule has 0 atom stereocenters. The van der Waals surface area contributed by atoms with E-state index in [0.717, 1.165) is 24.0 Å². The highest BCUT2D eigenvalue weighted by Gasteiger charge is 2.18. The van der Waals surface area contributed by atoms with Crippen LogP contribution in [0.3, 0.4) is 0 Å². The molecular formula is C19H30N4O2.